The molecule has 1 saturated heterocycles. The molecule has 2 heterocycles. The Kier molecular flexibility index (Phi) is 4.52. The van der Waals surface area contributed by atoms with Crippen LogP contribution in [0.4, 0.5) is 0 Å². The molecule has 1 aromatic heterocycles. The lowest BCUT2D eigenvalue weighted by Crippen LogP contribution is -2.48. The number of nitrogens with one attached hydrogen (secondary N) is 1. The van der Waals surface area contributed by atoms with Crippen LogP contribution in [0.2, 0.25) is 0 Å². The summed E-state index contributed by atoms with van der Waals surface area (Å²) in [5.74, 6) is 0.0491. The summed E-state index contributed by atoms with van der Waals surface area (Å²) in [4.78, 5) is 14.8. The molecule has 1 aliphatic carbocycles. The number of nitrogens with zero attached hydrogens (tertiary/aromatic N) is 2. The third-order valence-electron chi connectivity index (χ3n) is 5.32. The number of amides is 1. The Labute approximate surface area is 132 Å². The van der Waals surface area contributed by atoms with Gasteiger partial charge in [0.25, 0.3) is 5.91 Å². The number of rotatable bonds is 4. The Morgan fingerprint density at radius 3 is 2.95 bits per heavy atom. The van der Waals surface area contributed by atoms with E-state index in [1.165, 1.54) is 6.42 Å². The quantitative estimate of drug-likeness (QED) is 0.897. The molecule has 1 amide bonds. The van der Waals surface area contributed by atoms with Crippen molar-refractivity contribution in [1.82, 2.24) is 15.1 Å². The first-order valence-corrected chi connectivity index (χ1v) is 8.65. The zero-order valence-corrected chi connectivity index (χ0v) is 13.5. The maximum Gasteiger partial charge on any atom is 0.274 e. The number of carbonyl (C=O) groups excluding carboxylic acids is 1. The third kappa shape index (κ3) is 2.78. The van der Waals surface area contributed by atoms with Crippen LogP contribution in [-0.4, -0.2) is 45.8 Å². The molecular weight excluding hydrogens is 278 g/mol. The van der Waals surface area contributed by atoms with E-state index in [0.717, 1.165) is 62.7 Å². The molecule has 0 aromatic carbocycles. The lowest BCUT2D eigenvalue weighted by molar-refractivity contribution is 0.0218. The largest absolute Gasteiger partial charge is 0.396 e. The van der Waals surface area contributed by atoms with Gasteiger partial charge < -0.3 is 10.0 Å². The van der Waals surface area contributed by atoms with Crippen molar-refractivity contribution in [3.63, 3.8) is 0 Å². The van der Waals surface area contributed by atoms with Crippen LogP contribution in [0.3, 0.4) is 0 Å². The lowest BCUT2D eigenvalue weighted by Gasteiger charge is -2.41. The summed E-state index contributed by atoms with van der Waals surface area (Å²) >= 11 is 0. The summed E-state index contributed by atoms with van der Waals surface area (Å²) in [6.45, 7) is 3.76. The minimum atomic E-state index is -0.112. The highest BCUT2D eigenvalue weighted by atomic mass is 16.3. The summed E-state index contributed by atoms with van der Waals surface area (Å²) in [7, 11) is 0. The van der Waals surface area contributed by atoms with Crippen LogP contribution in [0.1, 0.15) is 67.2 Å². The highest BCUT2D eigenvalue weighted by Crippen LogP contribution is 2.35. The molecule has 0 radical (unpaired) electrons. The SMILES string of the molecule is CCC[C@]1(CO)CCCN(C(=O)c2n[nH]c3c2CCCC3)C1. The number of fused-ring (bicyclic) bond motifs is 1. The first-order valence-electron chi connectivity index (χ1n) is 8.65. The molecular formula is C17H27N3O2. The molecule has 0 saturated carbocycles. The van der Waals surface area contributed by atoms with Gasteiger partial charge in [-0.2, -0.15) is 5.10 Å². The van der Waals surface area contributed by atoms with E-state index in [1.54, 1.807) is 0 Å². The molecule has 3 rings (SSSR count). The number of aromatic amines is 1. The van der Waals surface area contributed by atoms with Crippen LogP contribution in [0, 0.1) is 5.41 Å². The Morgan fingerprint density at radius 1 is 1.36 bits per heavy atom. The highest BCUT2D eigenvalue weighted by Gasteiger charge is 2.37. The highest BCUT2D eigenvalue weighted by molar-refractivity contribution is 5.94. The van der Waals surface area contributed by atoms with Crippen LogP contribution in [0.5, 0.6) is 0 Å². The van der Waals surface area contributed by atoms with Gasteiger partial charge in [-0.25, -0.2) is 0 Å². The molecule has 0 bridgehead atoms. The number of aromatic nitrogens is 2. The van der Waals surface area contributed by atoms with Gasteiger partial charge in [-0.15, -0.1) is 0 Å². The van der Waals surface area contributed by atoms with Gasteiger partial charge >= 0.3 is 0 Å². The second kappa shape index (κ2) is 6.41. The number of aryl methyl sites for hydroxylation is 1. The maximum atomic E-state index is 12.9. The van der Waals surface area contributed by atoms with Gasteiger partial charge in [0.15, 0.2) is 5.69 Å². The van der Waals surface area contributed by atoms with Crippen LogP contribution in [0.25, 0.3) is 0 Å². The monoisotopic (exact) mass is 305 g/mol. The number of piperidine rings is 1. The lowest BCUT2D eigenvalue weighted by atomic mass is 9.77. The van der Waals surface area contributed by atoms with Crippen LogP contribution < -0.4 is 0 Å². The van der Waals surface area contributed by atoms with Crippen molar-refractivity contribution in [1.29, 1.82) is 0 Å². The normalized spacial score (nSPS) is 25.1. The standard InChI is InChI=1S/C17H27N3O2/c1-2-8-17(12-21)9-5-10-20(11-17)16(22)15-13-6-3-4-7-14(13)18-19-15/h21H,2-12H2,1H3,(H,18,19)/t17-/m0/s1. The fourth-order valence-electron chi connectivity index (χ4n) is 4.13. The fraction of sp³-hybridized carbons (Fsp3) is 0.765. The van der Waals surface area contributed by atoms with E-state index in [0.29, 0.717) is 12.2 Å². The minimum Gasteiger partial charge on any atom is -0.396 e. The number of likely N-dealkylation sites (tertiary alicyclic amines) is 1. The van der Waals surface area contributed by atoms with Gasteiger partial charge in [0.2, 0.25) is 0 Å². The van der Waals surface area contributed by atoms with E-state index in [9.17, 15) is 9.90 Å². The summed E-state index contributed by atoms with van der Waals surface area (Å²) in [6, 6.07) is 0. The molecule has 2 aliphatic rings. The Bertz CT molecular complexity index is 536. The summed E-state index contributed by atoms with van der Waals surface area (Å²) < 4.78 is 0. The van der Waals surface area contributed by atoms with Gasteiger partial charge in [0, 0.05) is 29.8 Å². The van der Waals surface area contributed by atoms with E-state index in [1.807, 2.05) is 4.90 Å². The van der Waals surface area contributed by atoms with Gasteiger partial charge in [0.05, 0.1) is 6.61 Å². The molecule has 1 aliphatic heterocycles. The molecule has 0 spiro atoms. The van der Waals surface area contributed by atoms with Crippen molar-refractivity contribution in [2.75, 3.05) is 19.7 Å². The first kappa shape index (κ1) is 15.5. The average Bonchev–Trinajstić information content (AvgIpc) is 2.98. The molecule has 2 N–H and O–H groups in total. The van der Waals surface area contributed by atoms with Crippen molar-refractivity contribution >= 4 is 5.91 Å². The average molecular weight is 305 g/mol. The van der Waals surface area contributed by atoms with Crippen LogP contribution in [-0.2, 0) is 12.8 Å². The Morgan fingerprint density at radius 2 is 2.18 bits per heavy atom. The van der Waals surface area contributed by atoms with E-state index in [2.05, 4.69) is 17.1 Å². The van der Waals surface area contributed by atoms with E-state index in [4.69, 9.17) is 0 Å². The van der Waals surface area contributed by atoms with Crippen LogP contribution >= 0.6 is 0 Å². The zero-order chi connectivity index (χ0) is 15.6. The second-order valence-electron chi connectivity index (χ2n) is 6.97. The number of H-pyrrole nitrogens is 1. The topological polar surface area (TPSA) is 69.2 Å². The summed E-state index contributed by atoms with van der Waals surface area (Å²) in [5.41, 5.74) is 2.79. The number of aliphatic hydroxyl groups is 1. The van der Waals surface area contributed by atoms with E-state index < -0.39 is 0 Å². The first-order chi connectivity index (χ1) is 10.7. The molecule has 1 atom stereocenters. The summed E-state index contributed by atoms with van der Waals surface area (Å²) in [5, 5.41) is 17.2. The summed E-state index contributed by atoms with van der Waals surface area (Å²) in [6.07, 6.45) is 8.29. The van der Waals surface area contributed by atoms with Crippen molar-refractivity contribution in [2.24, 2.45) is 5.41 Å². The predicted molar refractivity (Wildman–Crippen MR) is 84.8 cm³/mol. The second-order valence-corrected chi connectivity index (χ2v) is 6.97. The molecule has 122 valence electrons. The molecule has 0 unspecified atom stereocenters. The zero-order valence-electron chi connectivity index (χ0n) is 13.5. The van der Waals surface area contributed by atoms with Gasteiger partial charge in [-0.3, -0.25) is 9.89 Å². The number of hydrogen-bond donors (Lipinski definition) is 2. The Balaban J connectivity index is 1.78. The van der Waals surface area contributed by atoms with Crippen molar-refractivity contribution in [3.8, 4) is 0 Å². The van der Waals surface area contributed by atoms with Crippen LogP contribution in [0.15, 0.2) is 0 Å². The maximum absolute atomic E-state index is 12.9. The molecule has 5 heteroatoms. The fourth-order valence-corrected chi connectivity index (χ4v) is 4.13. The van der Waals surface area contributed by atoms with Crippen molar-refractivity contribution in [2.45, 2.75) is 58.3 Å². The third-order valence-corrected chi connectivity index (χ3v) is 5.32. The van der Waals surface area contributed by atoms with E-state index in [-0.39, 0.29) is 17.9 Å². The molecule has 1 aromatic rings. The Hall–Kier alpha value is -1.36. The van der Waals surface area contributed by atoms with E-state index >= 15 is 0 Å². The number of hydrogen-bond acceptors (Lipinski definition) is 3. The van der Waals surface area contributed by atoms with Gasteiger partial charge in [-0.05, 0) is 44.9 Å². The smallest absolute Gasteiger partial charge is 0.274 e. The van der Waals surface area contributed by atoms with Gasteiger partial charge in [0.1, 0.15) is 0 Å². The molecule has 5 nitrogen and oxygen atoms in total. The van der Waals surface area contributed by atoms with Gasteiger partial charge in [-0.1, -0.05) is 13.3 Å². The predicted octanol–water partition coefficient (Wildman–Crippen LogP) is 2.30. The number of aliphatic hydroxyl groups excluding tert-OH is 1. The molecule has 22 heavy (non-hydrogen) atoms. The molecule has 1 fully saturated rings. The van der Waals surface area contributed by atoms with Crippen molar-refractivity contribution < 1.29 is 9.90 Å². The van der Waals surface area contributed by atoms with Crippen molar-refractivity contribution in [3.05, 3.63) is 17.0 Å². The number of carbonyl (C=O) groups is 1. The minimum absolute atomic E-state index is 0.0491.